The summed E-state index contributed by atoms with van der Waals surface area (Å²) in [6.07, 6.45) is 4.46. The zero-order valence-corrected chi connectivity index (χ0v) is 10.8. The van der Waals surface area contributed by atoms with E-state index in [-0.39, 0.29) is 0 Å². The number of imidazole rings is 1. The van der Waals surface area contributed by atoms with Gasteiger partial charge in [-0.15, -0.1) is 0 Å². The standard InChI is InChI=1S/C14H14N4O/c1-3-12-17-11-6-10(8-16-14(11)18-12)9-4-5-13(19-2)15-7-9/h4-8H,3H2,1-2H3,(H,16,17,18). The fraction of sp³-hybridized carbons (Fsp3) is 0.214. The summed E-state index contributed by atoms with van der Waals surface area (Å²) in [5.41, 5.74) is 3.71. The maximum Gasteiger partial charge on any atom is 0.212 e. The summed E-state index contributed by atoms with van der Waals surface area (Å²) >= 11 is 0. The van der Waals surface area contributed by atoms with Crippen molar-refractivity contribution in [1.29, 1.82) is 0 Å². The van der Waals surface area contributed by atoms with E-state index in [1.54, 1.807) is 13.3 Å². The summed E-state index contributed by atoms with van der Waals surface area (Å²) in [6, 6.07) is 5.84. The van der Waals surface area contributed by atoms with Gasteiger partial charge in [-0.3, -0.25) is 0 Å². The highest BCUT2D eigenvalue weighted by molar-refractivity contribution is 5.77. The zero-order chi connectivity index (χ0) is 13.2. The van der Waals surface area contributed by atoms with Gasteiger partial charge in [-0.05, 0) is 12.1 Å². The van der Waals surface area contributed by atoms with E-state index in [0.717, 1.165) is 34.5 Å². The molecule has 0 radical (unpaired) electrons. The number of ether oxygens (including phenoxy) is 1. The number of aromatic amines is 1. The number of nitrogens with one attached hydrogen (secondary N) is 1. The number of methoxy groups -OCH3 is 1. The summed E-state index contributed by atoms with van der Waals surface area (Å²) in [5.74, 6) is 1.56. The van der Waals surface area contributed by atoms with E-state index < -0.39 is 0 Å². The van der Waals surface area contributed by atoms with Crippen LogP contribution < -0.4 is 4.74 Å². The minimum absolute atomic E-state index is 0.604. The molecule has 3 aromatic rings. The summed E-state index contributed by atoms with van der Waals surface area (Å²) in [6.45, 7) is 2.06. The Morgan fingerprint density at radius 2 is 2.00 bits per heavy atom. The molecule has 19 heavy (non-hydrogen) atoms. The third-order valence-corrected chi connectivity index (χ3v) is 3.00. The summed E-state index contributed by atoms with van der Waals surface area (Å²) in [5, 5.41) is 0. The number of aromatic nitrogens is 4. The molecule has 0 aliphatic heterocycles. The van der Waals surface area contributed by atoms with E-state index >= 15 is 0 Å². The molecule has 3 aromatic heterocycles. The number of nitrogens with zero attached hydrogens (tertiary/aromatic N) is 3. The van der Waals surface area contributed by atoms with Crippen LogP contribution in [0.1, 0.15) is 12.7 Å². The first-order chi connectivity index (χ1) is 9.30. The molecule has 0 unspecified atom stereocenters. The Morgan fingerprint density at radius 1 is 1.16 bits per heavy atom. The van der Waals surface area contributed by atoms with Crippen LogP contribution in [0.3, 0.4) is 0 Å². The molecule has 0 aliphatic carbocycles. The maximum atomic E-state index is 5.05. The van der Waals surface area contributed by atoms with Gasteiger partial charge in [0, 0.05) is 36.0 Å². The molecule has 0 saturated carbocycles. The van der Waals surface area contributed by atoms with Gasteiger partial charge < -0.3 is 9.72 Å². The second kappa shape index (κ2) is 4.68. The number of hydrogen-bond donors (Lipinski definition) is 1. The van der Waals surface area contributed by atoms with Gasteiger partial charge in [-0.2, -0.15) is 0 Å². The van der Waals surface area contributed by atoms with Crippen molar-refractivity contribution in [3.05, 3.63) is 36.4 Å². The van der Waals surface area contributed by atoms with Gasteiger partial charge in [0.2, 0.25) is 5.88 Å². The highest BCUT2D eigenvalue weighted by Gasteiger charge is 2.05. The molecule has 0 fully saturated rings. The van der Waals surface area contributed by atoms with E-state index in [4.69, 9.17) is 4.74 Å². The zero-order valence-electron chi connectivity index (χ0n) is 10.8. The Hall–Kier alpha value is -2.43. The number of H-pyrrole nitrogens is 1. The monoisotopic (exact) mass is 254 g/mol. The predicted molar refractivity (Wildman–Crippen MR) is 73.0 cm³/mol. The van der Waals surface area contributed by atoms with Gasteiger partial charge in [0.15, 0.2) is 5.65 Å². The topological polar surface area (TPSA) is 63.7 Å². The van der Waals surface area contributed by atoms with Gasteiger partial charge in [0.05, 0.1) is 12.6 Å². The lowest BCUT2D eigenvalue weighted by Gasteiger charge is -2.02. The highest BCUT2D eigenvalue weighted by Crippen LogP contribution is 2.22. The predicted octanol–water partition coefficient (Wildman–Crippen LogP) is 2.59. The molecule has 5 nitrogen and oxygen atoms in total. The number of hydrogen-bond acceptors (Lipinski definition) is 4. The van der Waals surface area contributed by atoms with E-state index in [0.29, 0.717) is 5.88 Å². The van der Waals surface area contributed by atoms with E-state index in [9.17, 15) is 0 Å². The number of pyridine rings is 2. The minimum atomic E-state index is 0.604. The van der Waals surface area contributed by atoms with Crippen molar-refractivity contribution in [2.24, 2.45) is 0 Å². The SMILES string of the molecule is CCc1nc2ncc(-c3ccc(OC)nc3)cc2[nH]1. The molecular weight excluding hydrogens is 240 g/mol. The lowest BCUT2D eigenvalue weighted by atomic mass is 10.1. The molecule has 0 aliphatic rings. The van der Waals surface area contributed by atoms with Crippen molar-refractivity contribution in [3.63, 3.8) is 0 Å². The van der Waals surface area contributed by atoms with E-state index in [2.05, 4.69) is 26.9 Å². The van der Waals surface area contributed by atoms with Crippen LogP contribution in [0.5, 0.6) is 5.88 Å². The summed E-state index contributed by atoms with van der Waals surface area (Å²) in [4.78, 5) is 16.2. The van der Waals surface area contributed by atoms with Crippen LogP contribution in [-0.2, 0) is 6.42 Å². The van der Waals surface area contributed by atoms with Gasteiger partial charge >= 0.3 is 0 Å². The quantitative estimate of drug-likeness (QED) is 0.780. The lowest BCUT2D eigenvalue weighted by molar-refractivity contribution is 0.398. The van der Waals surface area contributed by atoms with Crippen molar-refractivity contribution >= 4 is 11.2 Å². The van der Waals surface area contributed by atoms with E-state index in [1.807, 2.05) is 24.4 Å². The second-order valence-electron chi connectivity index (χ2n) is 4.22. The average Bonchev–Trinajstić information content (AvgIpc) is 2.89. The Balaban J connectivity index is 2.03. The number of fused-ring (bicyclic) bond motifs is 1. The van der Waals surface area contributed by atoms with Crippen molar-refractivity contribution < 1.29 is 4.74 Å². The Bertz CT molecular complexity index is 703. The highest BCUT2D eigenvalue weighted by atomic mass is 16.5. The first kappa shape index (κ1) is 11.6. The number of aryl methyl sites for hydroxylation is 1. The molecule has 96 valence electrons. The third kappa shape index (κ3) is 2.14. The van der Waals surface area contributed by atoms with Gasteiger partial charge in [-0.25, -0.2) is 15.0 Å². The van der Waals surface area contributed by atoms with Crippen molar-refractivity contribution in [1.82, 2.24) is 19.9 Å². The van der Waals surface area contributed by atoms with E-state index in [1.165, 1.54) is 0 Å². The van der Waals surface area contributed by atoms with Crippen molar-refractivity contribution in [2.45, 2.75) is 13.3 Å². The molecular formula is C14H14N4O. The lowest BCUT2D eigenvalue weighted by Crippen LogP contribution is -1.88. The minimum Gasteiger partial charge on any atom is -0.481 e. The first-order valence-electron chi connectivity index (χ1n) is 6.15. The van der Waals surface area contributed by atoms with Crippen LogP contribution in [0.15, 0.2) is 30.6 Å². The van der Waals surface area contributed by atoms with Crippen LogP contribution in [-0.4, -0.2) is 27.0 Å². The van der Waals surface area contributed by atoms with Gasteiger partial charge in [-0.1, -0.05) is 6.92 Å². The summed E-state index contributed by atoms with van der Waals surface area (Å²) in [7, 11) is 1.60. The average molecular weight is 254 g/mol. The molecule has 0 spiro atoms. The number of rotatable bonds is 3. The molecule has 5 heteroatoms. The molecule has 0 saturated heterocycles. The Labute approximate surface area is 110 Å². The molecule has 1 N–H and O–H groups in total. The van der Waals surface area contributed by atoms with Crippen LogP contribution in [0.4, 0.5) is 0 Å². The van der Waals surface area contributed by atoms with Crippen LogP contribution in [0.25, 0.3) is 22.3 Å². The Morgan fingerprint density at radius 3 is 2.68 bits per heavy atom. The normalized spacial score (nSPS) is 10.8. The second-order valence-corrected chi connectivity index (χ2v) is 4.22. The molecule has 3 heterocycles. The summed E-state index contributed by atoms with van der Waals surface area (Å²) < 4.78 is 5.05. The Kier molecular flexibility index (Phi) is 2.87. The molecule has 0 bridgehead atoms. The van der Waals surface area contributed by atoms with Crippen molar-refractivity contribution in [3.8, 4) is 17.0 Å². The van der Waals surface area contributed by atoms with Crippen molar-refractivity contribution in [2.75, 3.05) is 7.11 Å². The van der Waals surface area contributed by atoms with Gasteiger partial charge in [0.1, 0.15) is 5.82 Å². The van der Waals surface area contributed by atoms with Gasteiger partial charge in [0.25, 0.3) is 0 Å². The fourth-order valence-electron chi connectivity index (χ4n) is 1.95. The van der Waals surface area contributed by atoms with Crippen LogP contribution in [0.2, 0.25) is 0 Å². The van der Waals surface area contributed by atoms with Crippen LogP contribution >= 0.6 is 0 Å². The molecule has 3 rings (SSSR count). The third-order valence-electron chi connectivity index (χ3n) is 3.00. The maximum absolute atomic E-state index is 5.05. The molecule has 0 atom stereocenters. The molecule has 0 aromatic carbocycles. The fourth-order valence-corrected chi connectivity index (χ4v) is 1.95. The molecule has 0 amide bonds. The first-order valence-corrected chi connectivity index (χ1v) is 6.15. The van der Waals surface area contributed by atoms with Crippen LogP contribution in [0, 0.1) is 0 Å². The largest absolute Gasteiger partial charge is 0.481 e. The smallest absolute Gasteiger partial charge is 0.212 e.